The molecule has 7 nitrogen and oxygen atoms in total. The molecule has 1 aromatic heterocycles. The third-order valence-corrected chi connectivity index (χ3v) is 3.16. The minimum absolute atomic E-state index is 0.166. The molecule has 7 heteroatoms. The Balaban J connectivity index is 1.89. The lowest BCUT2D eigenvalue weighted by Gasteiger charge is -2.14. The highest BCUT2D eigenvalue weighted by Crippen LogP contribution is 2.32. The van der Waals surface area contributed by atoms with Gasteiger partial charge in [-0.15, -0.1) is 0 Å². The lowest BCUT2D eigenvalue weighted by molar-refractivity contribution is -0.146. The molecule has 2 N–H and O–H groups in total. The van der Waals surface area contributed by atoms with Gasteiger partial charge in [-0.05, 0) is 12.8 Å². The van der Waals surface area contributed by atoms with Crippen molar-refractivity contribution in [2.75, 3.05) is 0 Å². The summed E-state index contributed by atoms with van der Waals surface area (Å²) in [5.41, 5.74) is 0. The van der Waals surface area contributed by atoms with Crippen LogP contribution in [0, 0.1) is 18.8 Å². The Hall–Kier alpha value is -1.92. The number of hydrogen-bond acceptors (Lipinski definition) is 5. The first-order valence-corrected chi connectivity index (χ1v) is 5.87. The van der Waals surface area contributed by atoms with Crippen molar-refractivity contribution in [3.05, 3.63) is 11.7 Å². The summed E-state index contributed by atoms with van der Waals surface area (Å²) >= 11 is 0. The maximum absolute atomic E-state index is 11.9. The van der Waals surface area contributed by atoms with Crippen LogP contribution in [-0.2, 0) is 16.1 Å². The number of aryl methyl sites for hydroxylation is 1. The van der Waals surface area contributed by atoms with Crippen LogP contribution >= 0.6 is 0 Å². The summed E-state index contributed by atoms with van der Waals surface area (Å²) in [6.45, 7) is 1.83. The molecule has 1 amide bonds. The summed E-state index contributed by atoms with van der Waals surface area (Å²) in [4.78, 5) is 26.8. The summed E-state index contributed by atoms with van der Waals surface area (Å²) in [6, 6.07) is 0. The van der Waals surface area contributed by atoms with Gasteiger partial charge in [-0.25, -0.2) is 0 Å². The molecule has 1 aromatic rings. The van der Waals surface area contributed by atoms with Gasteiger partial charge in [0.05, 0.1) is 18.4 Å². The molecule has 18 heavy (non-hydrogen) atoms. The van der Waals surface area contributed by atoms with Crippen molar-refractivity contribution in [3.63, 3.8) is 0 Å². The summed E-state index contributed by atoms with van der Waals surface area (Å²) in [5, 5.41) is 15.3. The molecule has 0 aromatic carbocycles. The minimum Gasteiger partial charge on any atom is -0.481 e. The topological polar surface area (TPSA) is 105 Å². The van der Waals surface area contributed by atoms with E-state index < -0.39 is 17.8 Å². The lowest BCUT2D eigenvalue weighted by atomic mass is 9.95. The van der Waals surface area contributed by atoms with Crippen molar-refractivity contribution in [2.24, 2.45) is 11.8 Å². The van der Waals surface area contributed by atoms with Crippen molar-refractivity contribution < 1.29 is 19.2 Å². The predicted octanol–water partition coefficient (Wildman–Crippen LogP) is 0.495. The summed E-state index contributed by atoms with van der Waals surface area (Å²) < 4.78 is 4.78. The largest absolute Gasteiger partial charge is 0.481 e. The van der Waals surface area contributed by atoms with Crippen LogP contribution in [-0.4, -0.2) is 27.1 Å². The van der Waals surface area contributed by atoms with Gasteiger partial charge < -0.3 is 14.9 Å². The first kappa shape index (κ1) is 12.5. The Morgan fingerprint density at radius 2 is 2.17 bits per heavy atom. The van der Waals surface area contributed by atoms with Gasteiger partial charge in [0.15, 0.2) is 5.82 Å². The van der Waals surface area contributed by atoms with Gasteiger partial charge in [-0.1, -0.05) is 11.6 Å². The number of carboxylic acids is 1. The van der Waals surface area contributed by atoms with E-state index in [9.17, 15) is 9.59 Å². The first-order valence-electron chi connectivity index (χ1n) is 5.87. The summed E-state index contributed by atoms with van der Waals surface area (Å²) in [6.07, 6.45) is 1.96. The Bertz CT molecular complexity index is 457. The Kier molecular flexibility index (Phi) is 3.59. The molecule has 2 rings (SSSR count). The van der Waals surface area contributed by atoms with Crippen molar-refractivity contribution >= 4 is 11.9 Å². The molecule has 1 aliphatic carbocycles. The zero-order valence-corrected chi connectivity index (χ0v) is 10.0. The fraction of sp³-hybridized carbons (Fsp3) is 0.636. The average Bonchev–Trinajstić information content (AvgIpc) is 2.94. The molecule has 0 saturated heterocycles. The van der Waals surface area contributed by atoms with Crippen molar-refractivity contribution in [1.29, 1.82) is 0 Å². The van der Waals surface area contributed by atoms with E-state index >= 15 is 0 Å². The summed E-state index contributed by atoms with van der Waals surface area (Å²) in [5.74, 6) is -1.34. The van der Waals surface area contributed by atoms with E-state index in [0.717, 1.165) is 6.42 Å². The van der Waals surface area contributed by atoms with Crippen LogP contribution < -0.4 is 5.32 Å². The third kappa shape index (κ3) is 2.66. The fourth-order valence-electron chi connectivity index (χ4n) is 2.28. The second kappa shape index (κ2) is 5.16. The minimum atomic E-state index is -0.900. The van der Waals surface area contributed by atoms with Gasteiger partial charge in [0.2, 0.25) is 11.8 Å². The third-order valence-electron chi connectivity index (χ3n) is 3.16. The number of rotatable bonds is 4. The second-order valence-electron chi connectivity index (χ2n) is 4.43. The van der Waals surface area contributed by atoms with Crippen molar-refractivity contribution in [1.82, 2.24) is 15.5 Å². The maximum Gasteiger partial charge on any atom is 0.307 e. The monoisotopic (exact) mass is 253 g/mol. The van der Waals surface area contributed by atoms with Crippen molar-refractivity contribution in [3.8, 4) is 0 Å². The number of carboxylic acid groups (broad SMARTS) is 1. The van der Waals surface area contributed by atoms with Gasteiger partial charge >= 0.3 is 5.97 Å². The molecule has 98 valence electrons. The highest BCUT2D eigenvalue weighted by Gasteiger charge is 2.37. The number of aromatic nitrogens is 2. The SMILES string of the molecule is Cc1nc(CNC(=O)C2CCCC2C(=O)O)no1. The lowest BCUT2D eigenvalue weighted by Crippen LogP contribution is -2.35. The van der Waals surface area contributed by atoms with Crippen LogP contribution in [0.5, 0.6) is 0 Å². The van der Waals surface area contributed by atoms with E-state index in [2.05, 4.69) is 15.5 Å². The molecule has 1 aliphatic rings. The molecule has 2 atom stereocenters. The summed E-state index contributed by atoms with van der Waals surface area (Å²) in [7, 11) is 0. The van der Waals surface area contributed by atoms with Crippen LogP contribution in [0.3, 0.4) is 0 Å². The number of nitrogens with zero attached hydrogens (tertiary/aromatic N) is 2. The smallest absolute Gasteiger partial charge is 0.307 e. The number of carbonyl (C=O) groups excluding carboxylic acids is 1. The molecule has 0 spiro atoms. The highest BCUT2D eigenvalue weighted by molar-refractivity contribution is 5.85. The van der Waals surface area contributed by atoms with Crippen LogP contribution in [0.4, 0.5) is 0 Å². The quantitative estimate of drug-likeness (QED) is 0.809. The van der Waals surface area contributed by atoms with Crippen molar-refractivity contribution in [2.45, 2.75) is 32.7 Å². The average molecular weight is 253 g/mol. The predicted molar refractivity (Wildman–Crippen MR) is 59.3 cm³/mol. The fourth-order valence-corrected chi connectivity index (χ4v) is 2.28. The molecule has 2 unspecified atom stereocenters. The molecular weight excluding hydrogens is 238 g/mol. The van der Waals surface area contributed by atoms with E-state index in [1.807, 2.05) is 0 Å². The van der Waals surface area contributed by atoms with E-state index in [-0.39, 0.29) is 12.5 Å². The maximum atomic E-state index is 11.9. The van der Waals surface area contributed by atoms with E-state index in [1.165, 1.54) is 0 Å². The molecule has 1 fully saturated rings. The Labute approximate surface area is 104 Å². The van der Waals surface area contributed by atoms with Crippen LogP contribution in [0.2, 0.25) is 0 Å². The molecule has 0 aliphatic heterocycles. The van der Waals surface area contributed by atoms with Crippen LogP contribution in [0.25, 0.3) is 0 Å². The van der Waals surface area contributed by atoms with Gasteiger partial charge in [0.1, 0.15) is 0 Å². The zero-order valence-electron chi connectivity index (χ0n) is 10.0. The van der Waals surface area contributed by atoms with Crippen LogP contribution in [0.15, 0.2) is 4.52 Å². The highest BCUT2D eigenvalue weighted by atomic mass is 16.5. The van der Waals surface area contributed by atoms with E-state index in [4.69, 9.17) is 9.63 Å². The van der Waals surface area contributed by atoms with Gasteiger partial charge in [-0.2, -0.15) is 4.98 Å². The number of carbonyl (C=O) groups is 2. The molecule has 0 radical (unpaired) electrons. The van der Waals surface area contributed by atoms with Gasteiger partial charge in [0.25, 0.3) is 0 Å². The van der Waals surface area contributed by atoms with E-state index in [1.54, 1.807) is 6.92 Å². The normalized spacial score (nSPS) is 22.9. The number of nitrogens with one attached hydrogen (secondary N) is 1. The van der Waals surface area contributed by atoms with Gasteiger partial charge in [-0.3, -0.25) is 9.59 Å². The van der Waals surface area contributed by atoms with E-state index in [0.29, 0.717) is 24.6 Å². The number of amides is 1. The molecule has 1 saturated carbocycles. The molecule has 1 heterocycles. The first-order chi connectivity index (χ1) is 8.58. The molecular formula is C11H15N3O4. The standard InChI is InChI=1S/C11H15N3O4/c1-6-13-9(14-18-6)5-12-10(15)7-3-2-4-8(7)11(16)17/h7-8H,2-5H2,1H3,(H,12,15)(H,16,17). The Morgan fingerprint density at radius 1 is 1.44 bits per heavy atom. The second-order valence-corrected chi connectivity index (χ2v) is 4.43. The van der Waals surface area contributed by atoms with Crippen LogP contribution in [0.1, 0.15) is 31.0 Å². The number of hydrogen-bond donors (Lipinski definition) is 2. The Morgan fingerprint density at radius 3 is 2.78 bits per heavy atom. The zero-order chi connectivity index (χ0) is 13.1. The number of aliphatic carboxylic acids is 1. The van der Waals surface area contributed by atoms with Gasteiger partial charge in [0, 0.05) is 6.92 Å². The molecule has 0 bridgehead atoms.